The third-order valence-corrected chi connectivity index (χ3v) is 9.24. The normalized spacial score (nSPS) is 12.2. The molecule has 242 valence electrons. The number of ether oxygens (including phenoxy) is 1. The molecule has 1 atom stereocenters. The van der Waals surface area contributed by atoms with E-state index < -0.39 is 34.1 Å². The predicted octanol–water partition coefficient (Wildman–Crippen LogP) is 6.06. The molecule has 0 spiro atoms. The van der Waals surface area contributed by atoms with Gasteiger partial charge in [-0.1, -0.05) is 77.9 Å². The topological polar surface area (TPSA) is 96.0 Å². The third-order valence-electron chi connectivity index (χ3n) is 7.45. The van der Waals surface area contributed by atoms with Crippen LogP contribution in [0.2, 0.25) is 0 Å². The quantitative estimate of drug-likeness (QED) is 0.203. The van der Waals surface area contributed by atoms with Crippen LogP contribution in [0, 0.1) is 13.8 Å². The molecule has 0 saturated heterocycles. The lowest BCUT2D eigenvalue weighted by atomic mass is 10.0. The summed E-state index contributed by atoms with van der Waals surface area (Å²) in [7, 11) is -2.66. The minimum atomic E-state index is -4.19. The summed E-state index contributed by atoms with van der Waals surface area (Å²) < 4.78 is 34.8. The van der Waals surface area contributed by atoms with Crippen LogP contribution in [0.4, 0.5) is 5.69 Å². The molecular formula is C37H43N3O5S. The molecule has 8 nitrogen and oxygen atoms in total. The van der Waals surface area contributed by atoms with Gasteiger partial charge in [-0.25, -0.2) is 8.42 Å². The molecule has 0 aliphatic carbocycles. The Labute approximate surface area is 273 Å². The molecule has 2 amide bonds. The SMILES string of the molecule is COc1ccc(N(CC(=O)N(Cc2cccc(C)c2)C(Cc2ccccc2)C(=O)NC(C)(C)C)S(=O)(=O)c2ccc(C)cc2)cc1. The Hall–Kier alpha value is -4.63. The zero-order valence-electron chi connectivity index (χ0n) is 27.4. The van der Waals surface area contributed by atoms with E-state index in [0.717, 1.165) is 26.6 Å². The van der Waals surface area contributed by atoms with Crippen molar-refractivity contribution in [1.29, 1.82) is 0 Å². The number of carbonyl (C=O) groups is 2. The fraction of sp³-hybridized carbons (Fsp3) is 0.297. The van der Waals surface area contributed by atoms with Gasteiger partial charge in [-0.15, -0.1) is 0 Å². The van der Waals surface area contributed by atoms with Crippen molar-refractivity contribution in [2.45, 2.75) is 64.1 Å². The Balaban J connectivity index is 1.82. The maximum absolute atomic E-state index is 14.6. The number of hydrogen-bond acceptors (Lipinski definition) is 5. The zero-order chi connectivity index (χ0) is 33.5. The van der Waals surface area contributed by atoms with E-state index in [9.17, 15) is 18.0 Å². The minimum Gasteiger partial charge on any atom is -0.497 e. The Kier molecular flexibility index (Phi) is 10.9. The monoisotopic (exact) mass is 641 g/mol. The van der Waals surface area contributed by atoms with E-state index in [-0.39, 0.29) is 23.8 Å². The van der Waals surface area contributed by atoms with Crippen LogP contribution in [-0.2, 0) is 32.6 Å². The summed E-state index contributed by atoms with van der Waals surface area (Å²) in [6, 6.07) is 29.3. The van der Waals surface area contributed by atoms with Crippen molar-refractivity contribution in [2.24, 2.45) is 0 Å². The summed E-state index contributed by atoms with van der Waals surface area (Å²) in [4.78, 5) is 30.1. The smallest absolute Gasteiger partial charge is 0.264 e. The van der Waals surface area contributed by atoms with Gasteiger partial charge in [0, 0.05) is 18.5 Å². The highest BCUT2D eigenvalue weighted by Crippen LogP contribution is 2.27. The van der Waals surface area contributed by atoms with Gasteiger partial charge in [0.1, 0.15) is 18.3 Å². The number of nitrogens with one attached hydrogen (secondary N) is 1. The number of aryl methyl sites for hydroxylation is 2. The fourth-order valence-corrected chi connectivity index (χ4v) is 6.54. The Bertz CT molecular complexity index is 1730. The van der Waals surface area contributed by atoms with Crippen LogP contribution in [0.3, 0.4) is 0 Å². The lowest BCUT2D eigenvalue weighted by molar-refractivity contribution is -0.140. The van der Waals surface area contributed by atoms with E-state index in [0.29, 0.717) is 11.4 Å². The van der Waals surface area contributed by atoms with Crippen molar-refractivity contribution in [2.75, 3.05) is 18.0 Å². The van der Waals surface area contributed by atoms with E-state index >= 15 is 0 Å². The summed E-state index contributed by atoms with van der Waals surface area (Å²) in [6.45, 7) is 9.08. The molecule has 0 bridgehead atoms. The van der Waals surface area contributed by atoms with Gasteiger partial charge in [-0.3, -0.25) is 13.9 Å². The number of sulfonamides is 1. The molecule has 1 unspecified atom stereocenters. The highest BCUT2D eigenvalue weighted by molar-refractivity contribution is 7.92. The highest BCUT2D eigenvalue weighted by Gasteiger charge is 2.35. The van der Waals surface area contributed by atoms with E-state index in [2.05, 4.69) is 5.32 Å². The van der Waals surface area contributed by atoms with Crippen molar-refractivity contribution >= 4 is 27.5 Å². The van der Waals surface area contributed by atoms with Crippen LogP contribution < -0.4 is 14.4 Å². The van der Waals surface area contributed by atoms with Gasteiger partial charge in [0.15, 0.2) is 0 Å². The van der Waals surface area contributed by atoms with Gasteiger partial charge < -0.3 is 15.0 Å². The molecular weight excluding hydrogens is 598 g/mol. The standard InChI is InChI=1S/C37H43N3O5S/c1-27-15-21-33(22-16-27)46(43,44)40(31-17-19-32(45-6)20-18-31)26-35(41)39(25-30-14-10-11-28(2)23-30)34(36(42)38-37(3,4)5)24-29-12-8-7-9-13-29/h7-23,34H,24-26H2,1-6H3,(H,38,42). The Morgan fingerprint density at radius 2 is 1.43 bits per heavy atom. The first-order valence-corrected chi connectivity index (χ1v) is 16.7. The number of rotatable bonds is 12. The number of benzene rings is 4. The molecule has 0 aromatic heterocycles. The van der Waals surface area contributed by atoms with Gasteiger partial charge in [-0.2, -0.15) is 0 Å². The molecule has 0 aliphatic heterocycles. The van der Waals surface area contributed by atoms with Crippen LogP contribution in [0.25, 0.3) is 0 Å². The average Bonchev–Trinajstić information content (AvgIpc) is 3.01. The number of methoxy groups -OCH3 is 1. The first-order chi connectivity index (χ1) is 21.8. The maximum Gasteiger partial charge on any atom is 0.264 e. The minimum absolute atomic E-state index is 0.0539. The lowest BCUT2D eigenvalue weighted by Gasteiger charge is -2.35. The van der Waals surface area contributed by atoms with Crippen molar-refractivity contribution in [1.82, 2.24) is 10.2 Å². The number of nitrogens with zero attached hydrogens (tertiary/aromatic N) is 2. The first kappa shape index (κ1) is 34.2. The lowest BCUT2D eigenvalue weighted by Crippen LogP contribution is -2.56. The zero-order valence-corrected chi connectivity index (χ0v) is 28.2. The van der Waals surface area contributed by atoms with Gasteiger partial charge >= 0.3 is 0 Å². The predicted molar refractivity (Wildman–Crippen MR) is 182 cm³/mol. The number of carbonyl (C=O) groups excluding carboxylic acids is 2. The number of amides is 2. The highest BCUT2D eigenvalue weighted by atomic mass is 32.2. The van der Waals surface area contributed by atoms with Crippen LogP contribution in [0.15, 0.2) is 108 Å². The molecule has 1 N–H and O–H groups in total. The van der Waals surface area contributed by atoms with Crippen LogP contribution >= 0.6 is 0 Å². The van der Waals surface area contributed by atoms with Crippen LogP contribution in [0.1, 0.15) is 43.0 Å². The molecule has 0 aliphatic rings. The Morgan fingerprint density at radius 3 is 2.02 bits per heavy atom. The molecule has 4 aromatic rings. The second-order valence-electron chi connectivity index (χ2n) is 12.5. The van der Waals surface area contributed by atoms with Crippen molar-refractivity contribution in [3.05, 3.63) is 125 Å². The number of hydrogen-bond donors (Lipinski definition) is 1. The second kappa shape index (κ2) is 14.6. The fourth-order valence-electron chi connectivity index (χ4n) is 5.13. The van der Waals surface area contributed by atoms with Crippen LogP contribution in [-0.4, -0.2) is 50.4 Å². The van der Waals surface area contributed by atoms with Crippen LogP contribution in [0.5, 0.6) is 5.75 Å². The van der Waals surface area contributed by atoms with E-state index in [4.69, 9.17) is 4.74 Å². The summed E-state index contributed by atoms with van der Waals surface area (Å²) in [5.74, 6) is -0.293. The molecule has 46 heavy (non-hydrogen) atoms. The van der Waals surface area contributed by atoms with Gasteiger partial charge in [0.25, 0.3) is 10.0 Å². The molecule has 0 fully saturated rings. The molecule has 0 heterocycles. The first-order valence-electron chi connectivity index (χ1n) is 15.2. The summed E-state index contributed by atoms with van der Waals surface area (Å²) in [6.07, 6.45) is 0.244. The van der Waals surface area contributed by atoms with Crippen molar-refractivity contribution in [3.63, 3.8) is 0 Å². The van der Waals surface area contributed by atoms with Gasteiger partial charge in [0.05, 0.1) is 17.7 Å². The average molecular weight is 642 g/mol. The maximum atomic E-state index is 14.6. The largest absolute Gasteiger partial charge is 0.497 e. The van der Waals surface area contributed by atoms with Crippen molar-refractivity contribution in [3.8, 4) is 5.75 Å². The van der Waals surface area contributed by atoms with E-state index in [1.807, 2.05) is 89.2 Å². The second-order valence-corrected chi connectivity index (χ2v) is 14.3. The van der Waals surface area contributed by atoms with Gasteiger partial charge in [0.2, 0.25) is 11.8 Å². The van der Waals surface area contributed by atoms with Gasteiger partial charge in [-0.05, 0) is 82.1 Å². The third kappa shape index (κ3) is 8.97. The molecule has 4 aromatic carbocycles. The molecule has 9 heteroatoms. The van der Waals surface area contributed by atoms with Crippen molar-refractivity contribution < 1.29 is 22.7 Å². The molecule has 0 saturated carbocycles. The summed E-state index contributed by atoms with van der Waals surface area (Å²) >= 11 is 0. The summed E-state index contributed by atoms with van der Waals surface area (Å²) in [5.41, 5.74) is 3.34. The molecule has 0 radical (unpaired) electrons. The summed E-state index contributed by atoms with van der Waals surface area (Å²) in [5, 5.41) is 3.05. The van der Waals surface area contributed by atoms with E-state index in [1.165, 1.54) is 24.1 Å². The van der Waals surface area contributed by atoms with E-state index in [1.54, 1.807) is 36.4 Å². The number of anilines is 1. The Morgan fingerprint density at radius 1 is 0.804 bits per heavy atom. The molecule has 4 rings (SSSR count).